The van der Waals surface area contributed by atoms with Gasteiger partial charge >= 0.3 is 0 Å². The summed E-state index contributed by atoms with van der Waals surface area (Å²) in [6.07, 6.45) is 3.54. The van der Waals surface area contributed by atoms with Crippen LogP contribution in [0.4, 0.5) is 0 Å². The van der Waals surface area contributed by atoms with Gasteiger partial charge in [0.2, 0.25) is 5.91 Å². The van der Waals surface area contributed by atoms with E-state index in [9.17, 15) is 4.79 Å². The van der Waals surface area contributed by atoms with Crippen molar-refractivity contribution in [2.24, 2.45) is 0 Å². The van der Waals surface area contributed by atoms with Gasteiger partial charge in [-0.1, -0.05) is 12.1 Å². The largest absolute Gasteiger partial charge is 0.342 e. The Kier molecular flexibility index (Phi) is 4.93. The minimum absolute atomic E-state index is 0.260. The molecule has 5 heteroatoms. The molecule has 3 rings (SSSR count). The van der Waals surface area contributed by atoms with Crippen LogP contribution in [0, 0.1) is 6.92 Å². The molecule has 22 heavy (non-hydrogen) atoms. The van der Waals surface area contributed by atoms with E-state index in [1.54, 1.807) is 11.8 Å². The summed E-state index contributed by atoms with van der Waals surface area (Å²) in [6.45, 7) is 3.84. The molecule has 1 aromatic carbocycles. The van der Waals surface area contributed by atoms with Crippen molar-refractivity contribution >= 4 is 28.7 Å². The van der Waals surface area contributed by atoms with Gasteiger partial charge in [0.1, 0.15) is 0 Å². The van der Waals surface area contributed by atoms with E-state index >= 15 is 0 Å². The molecular weight excluding hydrogens is 294 g/mol. The number of hydrogen-bond acceptors (Lipinski definition) is 4. The number of para-hydroxylation sites is 2. The summed E-state index contributed by atoms with van der Waals surface area (Å²) in [5, 5.41) is 0. The van der Waals surface area contributed by atoms with Crippen LogP contribution in [0.5, 0.6) is 0 Å². The third kappa shape index (κ3) is 3.58. The first-order valence-electron chi connectivity index (χ1n) is 7.82. The number of likely N-dealkylation sites (tertiary alicyclic amines) is 1. The van der Waals surface area contributed by atoms with Crippen LogP contribution in [0.3, 0.4) is 0 Å². The standard InChI is InChI=1S/C17H21N3OS/c1-13-16(19-15-8-4-3-7-14(15)18-13)11-22-12-17(21)20-9-5-2-6-10-20/h3-4,7-8H,2,5-6,9-12H2,1H3. The van der Waals surface area contributed by atoms with E-state index in [4.69, 9.17) is 0 Å². The van der Waals surface area contributed by atoms with Crippen LogP contribution in [0.1, 0.15) is 30.7 Å². The predicted octanol–water partition coefficient (Wildman–Crippen LogP) is 3.18. The van der Waals surface area contributed by atoms with E-state index in [1.165, 1.54) is 6.42 Å². The van der Waals surface area contributed by atoms with Crippen LogP contribution in [0.15, 0.2) is 24.3 Å². The lowest BCUT2D eigenvalue weighted by Gasteiger charge is -2.26. The molecule has 1 aromatic heterocycles. The van der Waals surface area contributed by atoms with E-state index in [1.807, 2.05) is 36.1 Å². The Balaban J connectivity index is 1.59. The molecule has 1 saturated heterocycles. The molecule has 1 amide bonds. The van der Waals surface area contributed by atoms with Gasteiger partial charge in [0.15, 0.2) is 0 Å². The second kappa shape index (κ2) is 7.09. The molecule has 0 saturated carbocycles. The number of aromatic nitrogens is 2. The third-order valence-corrected chi connectivity index (χ3v) is 4.94. The number of nitrogens with zero attached hydrogens (tertiary/aromatic N) is 3. The number of benzene rings is 1. The molecule has 0 atom stereocenters. The van der Waals surface area contributed by atoms with Crippen LogP contribution in [-0.4, -0.2) is 39.6 Å². The average Bonchev–Trinajstić information content (AvgIpc) is 2.56. The van der Waals surface area contributed by atoms with Gasteiger partial charge in [0.25, 0.3) is 0 Å². The van der Waals surface area contributed by atoms with Gasteiger partial charge in [0, 0.05) is 18.8 Å². The first-order chi connectivity index (χ1) is 10.7. The Morgan fingerprint density at radius 2 is 1.82 bits per heavy atom. The Hall–Kier alpha value is -1.62. The highest BCUT2D eigenvalue weighted by molar-refractivity contribution is 7.99. The maximum Gasteiger partial charge on any atom is 0.232 e. The molecule has 1 aliphatic heterocycles. The fraction of sp³-hybridized carbons (Fsp3) is 0.471. The first-order valence-corrected chi connectivity index (χ1v) is 8.97. The molecule has 0 spiro atoms. The van der Waals surface area contributed by atoms with E-state index in [-0.39, 0.29) is 5.91 Å². The fourth-order valence-electron chi connectivity index (χ4n) is 2.73. The molecule has 0 bridgehead atoms. The Morgan fingerprint density at radius 3 is 2.55 bits per heavy atom. The molecule has 1 fully saturated rings. The second-order valence-corrected chi connectivity index (χ2v) is 6.66. The molecule has 116 valence electrons. The number of thioether (sulfide) groups is 1. The van der Waals surface area contributed by atoms with Crippen molar-refractivity contribution < 1.29 is 4.79 Å². The zero-order valence-electron chi connectivity index (χ0n) is 12.9. The molecule has 0 N–H and O–H groups in total. The highest BCUT2D eigenvalue weighted by Crippen LogP contribution is 2.18. The monoisotopic (exact) mass is 315 g/mol. The zero-order valence-corrected chi connectivity index (χ0v) is 13.7. The minimum atomic E-state index is 0.260. The molecular formula is C17H21N3OS. The van der Waals surface area contributed by atoms with E-state index in [0.29, 0.717) is 5.75 Å². The van der Waals surface area contributed by atoms with Crippen molar-refractivity contribution in [1.29, 1.82) is 0 Å². The topological polar surface area (TPSA) is 46.1 Å². The van der Waals surface area contributed by atoms with Gasteiger partial charge in [-0.3, -0.25) is 4.79 Å². The maximum atomic E-state index is 12.2. The van der Waals surface area contributed by atoms with Crippen molar-refractivity contribution in [3.05, 3.63) is 35.7 Å². The Labute approximate surface area is 135 Å². The Bertz CT molecular complexity index is 668. The number of carbonyl (C=O) groups excluding carboxylic acids is 1. The van der Waals surface area contributed by atoms with Crippen LogP contribution in [0.2, 0.25) is 0 Å². The van der Waals surface area contributed by atoms with Gasteiger partial charge in [-0.05, 0) is 38.3 Å². The van der Waals surface area contributed by atoms with E-state index in [2.05, 4.69) is 9.97 Å². The predicted molar refractivity (Wildman–Crippen MR) is 90.9 cm³/mol. The quantitative estimate of drug-likeness (QED) is 0.869. The van der Waals surface area contributed by atoms with Crippen molar-refractivity contribution in [2.75, 3.05) is 18.8 Å². The number of aryl methyl sites for hydroxylation is 1. The van der Waals surface area contributed by atoms with Crippen LogP contribution in [0.25, 0.3) is 11.0 Å². The van der Waals surface area contributed by atoms with Crippen molar-refractivity contribution in [1.82, 2.24) is 14.9 Å². The van der Waals surface area contributed by atoms with Gasteiger partial charge < -0.3 is 4.90 Å². The number of fused-ring (bicyclic) bond motifs is 1. The highest BCUT2D eigenvalue weighted by Gasteiger charge is 2.16. The molecule has 0 unspecified atom stereocenters. The third-order valence-electron chi connectivity index (χ3n) is 4.02. The SMILES string of the molecule is Cc1nc2ccccc2nc1CSCC(=O)N1CCCCC1. The lowest BCUT2D eigenvalue weighted by Crippen LogP contribution is -2.36. The van der Waals surface area contributed by atoms with Gasteiger partial charge in [-0.15, -0.1) is 11.8 Å². The number of rotatable bonds is 4. The Morgan fingerprint density at radius 1 is 1.14 bits per heavy atom. The highest BCUT2D eigenvalue weighted by atomic mass is 32.2. The summed E-state index contributed by atoms with van der Waals surface area (Å²) in [5.74, 6) is 1.54. The number of amides is 1. The van der Waals surface area contributed by atoms with Gasteiger partial charge in [-0.2, -0.15) is 0 Å². The average molecular weight is 315 g/mol. The summed E-state index contributed by atoms with van der Waals surface area (Å²) in [7, 11) is 0. The minimum Gasteiger partial charge on any atom is -0.342 e. The summed E-state index contributed by atoms with van der Waals surface area (Å²) < 4.78 is 0. The molecule has 0 aliphatic carbocycles. The van der Waals surface area contributed by atoms with E-state index < -0.39 is 0 Å². The summed E-state index contributed by atoms with van der Waals surface area (Å²) >= 11 is 1.64. The number of piperidine rings is 1. The lowest BCUT2D eigenvalue weighted by molar-refractivity contribution is -0.129. The summed E-state index contributed by atoms with van der Waals surface area (Å²) in [5.41, 5.74) is 3.79. The molecule has 2 heterocycles. The van der Waals surface area contributed by atoms with Crippen molar-refractivity contribution in [3.8, 4) is 0 Å². The lowest BCUT2D eigenvalue weighted by atomic mass is 10.1. The van der Waals surface area contributed by atoms with Crippen LogP contribution >= 0.6 is 11.8 Å². The fourth-order valence-corrected chi connectivity index (χ4v) is 3.66. The smallest absolute Gasteiger partial charge is 0.232 e. The van der Waals surface area contributed by atoms with Crippen molar-refractivity contribution in [2.45, 2.75) is 31.9 Å². The molecule has 4 nitrogen and oxygen atoms in total. The van der Waals surface area contributed by atoms with Crippen LogP contribution in [-0.2, 0) is 10.5 Å². The normalized spacial score (nSPS) is 15.2. The number of hydrogen-bond donors (Lipinski definition) is 0. The van der Waals surface area contributed by atoms with Crippen molar-refractivity contribution in [3.63, 3.8) is 0 Å². The second-order valence-electron chi connectivity index (χ2n) is 5.68. The summed E-state index contributed by atoms with van der Waals surface area (Å²) in [6, 6.07) is 7.91. The van der Waals surface area contributed by atoms with Gasteiger partial charge in [0.05, 0.1) is 28.2 Å². The zero-order chi connectivity index (χ0) is 15.4. The van der Waals surface area contributed by atoms with E-state index in [0.717, 1.165) is 54.1 Å². The molecule has 0 radical (unpaired) electrons. The van der Waals surface area contributed by atoms with Crippen LogP contribution < -0.4 is 0 Å². The molecule has 1 aliphatic rings. The van der Waals surface area contributed by atoms with Gasteiger partial charge in [-0.25, -0.2) is 9.97 Å². The number of carbonyl (C=O) groups is 1. The maximum absolute atomic E-state index is 12.2. The molecule has 2 aromatic rings. The summed E-state index contributed by atoms with van der Waals surface area (Å²) in [4.78, 5) is 23.4. The first kappa shape index (κ1) is 15.3.